The zero-order valence-electron chi connectivity index (χ0n) is 8.73. The molecule has 1 amide bonds. The quantitative estimate of drug-likeness (QED) is 0.777. The van der Waals surface area contributed by atoms with Gasteiger partial charge in [-0.05, 0) is 12.5 Å². The standard InChI is InChI=1S/C11H12N4O/c12-5-8-3-4-13-7-10(8)14-6-9-1-2-11(16)15-9/h3-4,7,9,14H,1-2,6H2,(H,15,16). The molecule has 0 aromatic carbocycles. The van der Waals surface area contributed by atoms with E-state index < -0.39 is 0 Å². The third-order valence-corrected chi connectivity index (χ3v) is 2.57. The number of rotatable bonds is 3. The number of nitriles is 1. The Kier molecular flexibility index (Phi) is 3.01. The molecular weight excluding hydrogens is 204 g/mol. The number of anilines is 1. The van der Waals surface area contributed by atoms with Gasteiger partial charge in [0, 0.05) is 25.2 Å². The van der Waals surface area contributed by atoms with Gasteiger partial charge in [-0.2, -0.15) is 5.26 Å². The van der Waals surface area contributed by atoms with Gasteiger partial charge in [-0.1, -0.05) is 0 Å². The lowest BCUT2D eigenvalue weighted by Gasteiger charge is -2.12. The first kappa shape index (κ1) is 10.4. The average molecular weight is 216 g/mol. The molecule has 0 bridgehead atoms. The van der Waals surface area contributed by atoms with E-state index in [1.54, 1.807) is 18.5 Å². The topological polar surface area (TPSA) is 77.8 Å². The van der Waals surface area contributed by atoms with Crippen molar-refractivity contribution in [1.29, 1.82) is 5.26 Å². The molecule has 0 aliphatic carbocycles. The first-order valence-corrected chi connectivity index (χ1v) is 5.17. The molecule has 5 heteroatoms. The Balaban J connectivity index is 1.95. The largest absolute Gasteiger partial charge is 0.381 e. The number of carbonyl (C=O) groups is 1. The van der Waals surface area contributed by atoms with Crippen LogP contribution in [0.1, 0.15) is 18.4 Å². The summed E-state index contributed by atoms with van der Waals surface area (Å²) in [6.45, 7) is 0.631. The van der Waals surface area contributed by atoms with Crippen LogP contribution in [0.25, 0.3) is 0 Å². The lowest BCUT2D eigenvalue weighted by Crippen LogP contribution is -2.31. The fourth-order valence-electron chi connectivity index (χ4n) is 1.70. The molecule has 5 nitrogen and oxygen atoms in total. The molecule has 0 radical (unpaired) electrons. The lowest BCUT2D eigenvalue weighted by molar-refractivity contribution is -0.119. The van der Waals surface area contributed by atoms with E-state index in [-0.39, 0.29) is 11.9 Å². The Labute approximate surface area is 93.5 Å². The van der Waals surface area contributed by atoms with Crippen LogP contribution in [-0.2, 0) is 4.79 Å². The summed E-state index contributed by atoms with van der Waals surface area (Å²) < 4.78 is 0. The number of hydrogen-bond donors (Lipinski definition) is 2. The van der Waals surface area contributed by atoms with Gasteiger partial charge in [0.2, 0.25) is 5.91 Å². The van der Waals surface area contributed by atoms with Crippen LogP contribution in [0, 0.1) is 11.3 Å². The molecule has 0 spiro atoms. The molecule has 1 atom stereocenters. The number of hydrogen-bond acceptors (Lipinski definition) is 4. The minimum atomic E-state index is 0.0958. The summed E-state index contributed by atoms with van der Waals surface area (Å²) in [5.41, 5.74) is 1.28. The highest BCUT2D eigenvalue weighted by atomic mass is 16.1. The van der Waals surface area contributed by atoms with Crippen molar-refractivity contribution in [3.63, 3.8) is 0 Å². The molecule has 1 saturated heterocycles. The van der Waals surface area contributed by atoms with Gasteiger partial charge in [0.15, 0.2) is 0 Å². The second-order valence-corrected chi connectivity index (χ2v) is 3.72. The van der Waals surface area contributed by atoms with Crippen LogP contribution in [0.3, 0.4) is 0 Å². The van der Waals surface area contributed by atoms with Gasteiger partial charge in [0.25, 0.3) is 0 Å². The monoisotopic (exact) mass is 216 g/mol. The van der Waals surface area contributed by atoms with Crippen molar-refractivity contribution in [2.45, 2.75) is 18.9 Å². The van der Waals surface area contributed by atoms with Gasteiger partial charge in [-0.15, -0.1) is 0 Å². The maximum atomic E-state index is 11.0. The summed E-state index contributed by atoms with van der Waals surface area (Å²) in [5.74, 6) is 0.0958. The third kappa shape index (κ3) is 2.28. The molecule has 2 N–H and O–H groups in total. The fraction of sp³-hybridized carbons (Fsp3) is 0.364. The van der Waals surface area contributed by atoms with E-state index in [1.807, 2.05) is 0 Å². The Morgan fingerprint density at radius 1 is 1.69 bits per heavy atom. The average Bonchev–Trinajstić information content (AvgIpc) is 2.73. The number of nitrogens with one attached hydrogen (secondary N) is 2. The molecule has 1 aliphatic heterocycles. The molecule has 1 aromatic heterocycles. The van der Waals surface area contributed by atoms with E-state index >= 15 is 0 Å². The maximum absolute atomic E-state index is 11.0. The number of nitrogens with zero attached hydrogens (tertiary/aromatic N) is 2. The summed E-state index contributed by atoms with van der Waals surface area (Å²) in [7, 11) is 0. The van der Waals surface area contributed by atoms with Crippen molar-refractivity contribution >= 4 is 11.6 Å². The van der Waals surface area contributed by atoms with Gasteiger partial charge < -0.3 is 10.6 Å². The van der Waals surface area contributed by atoms with Crippen molar-refractivity contribution in [3.8, 4) is 6.07 Å². The zero-order chi connectivity index (χ0) is 11.4. The third-order valence-electron chi connectivity index (χ3n) is 2.57. The van der Waals surface area contributed by atoms with Gasteiger partial charge in [0.1, 0.15) is 6.07 Å². The predicted octanol–water partition coefficient (Wildman–Crippen LogP) is 0.644. The van der Waals surface area contributed by atoms with Gasteiger partial charge >= 0.3 is 0 Å². The number of carbonyl (C=O) groups excluding carboxylic acids is 1. The van der Waals surface area contributed by atoms with E-state index in [1.165, 1.54) is 0 Å². The Morgan fingerprint density at radius 3 is 3.25 bits per heavy atom. The summed E-state index contributed by atoms with van der Waals surface area (Å²) >= 11 is 0. The number of pyridine rings is 1. The number of amides is 1. The summed E-state index contributed by atoms with van der Waals surface area (Å²) in [6.07, 6.45) is 4.63. The summed E-state index contributed by atoms with van der Waals surface area (Å²) in [6, 6.07) is 3.90. The van der Waals surface area contributed by atoms with Crippen LogP contribution >= 0.6 is 0 Å². The van der Waals surface area contributed by atoms with Crippen molar-refractivity contribution < 1.29 is 4.79 Å². The predicted molar refractivity (Wildman–Crippen MR) is 58.6 cm³/mol. The summed E-state index contributed by atoms with van der Waals surface area (Å²) in [5, 5.41) is 14.8. The van der Waals surface area contributed by atoms with Crippen LogP contribution in [0.4, 0.5) is 5.69 Å². The molecule has 2 rings (SSSR count). The van der Waals surface area contributed by atoms with Crippen molar-refractivity contribution in [3.05, 3.63) is 24.0 Å². The molecular formula is C11H12N4O. The SMILES string of the molecule is N#Cc1ccncc1NCC1CCC(=O)N1. The molecule has 1 unspecified atom stereocenters. The minimum Gasteiger partial charge on any atom is -0.381 e. The second kappa shape index (κ2) is 4.62. The van der Waals surface area contributed by atoms with E-state index in [0.717, 1.165) is 6.42 Å². The van der Waals surface area contributed by atoms with E-state index in [4.69, 9.17) is 5.26 Å². The molecule has 1 aliphatic rings. The molecule has 1 fully saturated rings. The molecule has 0 saturated carbocycles. The highest BCUT2D eigenvalue weighted by Crippen LogP contribution is 2.13. The van der Waals surface area contributed by atoms with Crippen LogP contribution < -0.4 is 10.6 Å². The fourth-order valence-corrected chi connectivity index (χ4v) is 1.70. The van der Waals surface area contributed by atoms with Crippen molar-refractivity contribution in [2.24, 2.45) is 0 Å². The van der Waals surface area contributed by atoms with Gasteiger partial charge in [-0.25, -0.2) is 0 Å². The maximum Gasteiger partial charge on any atom is 0.220 e. The first-order valence-electron chi connectivity index (χ1n) is 5.17. The first-order chi connectivity index (χ1) is 7.79. The van der Waals surface area contributed by atoms with Crippen LogP contribution in [0.2, 0.25) is 0 Å². The highest BCUT2D eigenvalue weighted by molar-refractivity contribution is 5.78. The highest BCUT2D eigenvalue weighted by Gasteiger charge is 2.20. The van der Waals surface area contributed by atoms with Gasteiger partial charge in [0.05, 0.1) is 17.4 Å². The van der Waals surface area contributed by atoms with Gasteiger partial charge in [-0.3, -0.25) is 9.78 Å². The smallest absolute Gasteiger partial charge is 0.220 e. The van der Waals surface area contributed by atoms with E-state index in [0.29, 0.717) is 24.2 Å². The Bertz CT molecular complexity index is 438. The Hall–Kier alpha value is -2.09. The van der Waals surface area contributed by atoms with Crippen molar-refractivity contribution in [2.75, 3.05) is 11.9 Å². The number of aromatic nitrogens is 1. The molecule has 1 aromatic rings. The van der Waals surface area contributed by atoms with E-state index in [2.05, 4.69) is 21.7 Å². The lowest BCUT2D eigenvalue weighted by atomic mass is 10.2. The van der Waals surface area contributed by atoms with E-state index in [9.17, 15) is 4.79 Å². The second-order valence-electron chi connectivity index (χ2n) is 3.72. The van der Waals surface area contributed by atoms with Crippen molar-refractivity contribution in [1.82, 2.24) is 10.3 Å². The molecule has 16 heavy (non-hydrogen) atoms. The zero-order valence-corrected chi connectivity index (χ0v) is 8.73. The van der Waals surface area contributed by atoms with Crippen LogP contribution in [-0.4, -0.2) is 23.5 Å². The van der Waals surface area contributed by atoms with Crippen LogP contribution in [0.5, 0.6) is 0 Å². The Morgan fingerprint density at radius 2 is 2.56 bits per heavy atom. The molecule has 2 heterocycles. The molecule has 82 valence electrons. The normalized spacial score (nSPS) is 18.9. The van der Waals surface area contributed by atoms with Crippen LogP contribution in [0.15, 0.2) is 18.5 Å². The summed E-state index contributed by atoms with van der Waals surface area (Å²) in [4.78, 5) is 14.9. The minimum absolute atomic E-state index is 0.0958.